The van der Waals surface area contributed by atoms with Crippen LogP contribution in [0.2, 0.25) is 0 Å². The highest BCUT2D eigenvalue weighted by Gasteiger charge is 2.15. The fourth-order valence-corrected chi connectivity index (χ4v) is 3.83. The summed E-state index contributed by atoms with van der Waals surface area (Å²) in [4.78, 5) is 8.76. The maximum atomic E-state index is 5.50. The van der Waals surface area contributed by atoms with E-state index in [1.807, 2.05) is 12.5 Å². The SMILES string of the molecule is Cc1ccc(-c2ccc3ncc(-c4nnco4)c(NCCCn4ccnc4)c3c2)cc1C. The third-order valence-electron chi connectivity index (χ3n) is 5.75. The Labute approximate surface area is 186 Å². The second kappa shape index (κ2) is 8.63. The van der Waals surface area contributed by atoms with E-state index in [2.05, 4.69) is 80.3 Å². The summed E-state index contributed by atoms with van der Waals surface area (Å²) in [5, 5.41) is 12.6. The molecule has 160 valence electrons. The molecule has 32 heavy (non-hydrogen) atoms. The van der Waals surface area contributed by atoms with Crippen molar-refractivity contribution in [1.29, 1.82) is 0 Å². The molecule has 0 aliphatic heterocycles. The van der Waals surface area contributed by atoms with Gasteiger partial charge in [-0.1, -0.05) is 24.3 Å². The molecule has 5 aromatic rings. The van der Waals surface area contributed by atoms with Gasteiger partial charge in [-0.15, -0.1) is 10.2 Å². The van der Waals surface area contributed by atoms with Crippen LogP contribution >= 0.6 is 0 Å². The van der Waals surface area contributed by atoms with Gasteiger partial charge >= 0.3 is 0 Å². The van der Waals surface area contributed by atoms with E-state index in [0.29, 0.717) is 5.89 Å². The predicted octanol–water partition coefficient (Wildman–Crippen LogP) is 5.27. The van der Waals surface area contributed by atoms with E-state index in [4.69, 9.17) is 4.42 Å². The van der Waals surface area contributed by atoms with E-state index in [1.165, 1.54) is 23.1 Å². The summed E-state index contributed by atoms with van der Waals surface area (Å²) in [6.07, 6.45) is 9.69. The molecule has 5 rings (SSSR count). The molecule has 0 fully saturated rings. The normalized spacial score (nSPS) is 11.2. The van der Waals surface area contributed by atoms with Crippen molar-refractivity contribution in [2.45, 2.75) is 26.8 Å². The number of aryl methyl sites for hydroxylation is 3. The average molecular weight is 425 g/mol. The van der Waals surface area contributed by atoms with Crippen LogP contribution in [-0.2, 0) is 6.54 Å². The van der Waals surface area contributed by atoms with E-state index in [1.54, 1.807) is 12.4 Å². The van der Waals surface area contributed by atoms with Gasteiger partial charge in [-0.05, 0) is 54.7 Å². The van der Waals surface area contributed by atoms with Crippen molar-refractivity contribution < 1.29 is 4.42 Å². The van der Waals surface area contributed by atoms with Crippen LogP contribution in [0.5, 0.6) is 0 Å². The number of hydrogen-bond acceptors (Lipinski definition) is 6. The molecule has 0 spiro atoms. The summed E-state index contributed by atoms with van der Waals surface area (Å²) in [5.74, 6) is 0.452. The molecule has 0 unspecified atom stereocenters. The van der Waals surface area contributed by atoms with Crippen LogP contribution in [0.4, 0.5) is 5.69 Å². The van der Waals surface area contributed by atoms with Crippen molar-refractivity contribution in [3.8, 4) is 22.6 Å². The highest BCUT2D eigenvalue weighted by Crippen LogP contribution is 2.35. The van der Waals surface area contributed by atoms with Gasteiger partial charge in [-0.25, -0.2) is 4.98 Å². The van der Waals surface area contributed by atoms with Crippen molar-refractivity contribution in [3.63, 3.8) is 0 Å². The molecular formula is C25H24N6O. The lowest BCUT2D eigenvalue weighted by molar-refractivity contribution is 0.568. The lowest BCUT2D eigenvalue weighted by Crippen LogP contribution is -2.07. The fourth-order valence-electron chi connectivity index (χ4n) is 3.83. The first kappa shape index (κ1) is 19.9. The van der Waals surface area contributed by atoms with E-state index in [9.17, 15) is 0 Å². The van der Waals surface area contributed by atoms with E-state index < -0.39 is 0 Å². The highest BCUT2D eigenvalue weighted by molar-refractivity contribution is 6.00. The molecule has 7 nitrogen and oxygen atoms in total. The van der Waals surface area contributed by atoms with E-state index in [-0.39, 0.29) is 0 Å². The first-order valence-electron chi connectivity index (χ1n) is 10.7. The summed E-state index contributed by atoms with van der Waals surface area (Å²) < 4.78 is 7.58. The number of nitrogens with zero attached hydrogens (tertiary/aromatic N) is 5. The maximum Gasteiger partial charge on any atom is 0.251 e. The largest absolute Gasteiger partial charge is 0.423 e. The highest BCUT2D eigenvalue weighted by atomic mass is 16.4. The molecule has 0 aliphatic rings. The van der Waals surface area contributed by atoms with E-state index in [0.717, 1.165) is 47.2 Å². The van der Waals surface area contributed by atoms with Crippen LogP contribution in [0, 0.1) is 13.8 Å². The Kier molecular flexibility index (Phi) is 5.37. The second-order valence-corrected chi connectivity index (χ2v) is 7.90. The van der Waals surface area contributed by atoms with Crippen LogP contribution < -0.4 is 5.32 Å². The molecular weight excluding hydrogens is 400 g/mol. The van der Waals surface area contributed by atoms with Crippen molar-refractivity contribution in [2.75, 3.05) is 11.9 Å². The molecule has 1 N–H and O–H groups in total. The van der Waals surface area contributed by atoms with Gasteiger partial charge in [-0.3, -0.25) is 4.98 Å². The number of nitrogens with one attached hydrogen (secondary N) is 1. The Morgan fingerprint density at radius 1 is 1.03 bits per heavy atom. The van der Waals surface area contributed by atoms with Gasteiger partial charge in [0.05, 0.1) is 23.1 Å². The Morgan fingerprint density at radius 2 is 1.91 bits per heavy atom. The predicted molar refractivity (Wildman–Crippen MR) is 125 cm³/mol. The Morgan fingerprint density at radius 3 is 2.69 bits per heavy atom. The van der Waals surface area contributed by atoms with Crippen LogP contribution in [-0.4, -0.2) is 31.3 Å². The van der Waals surface area contributed by atoms with Gasteiger partial charge in [0.15, 0.2) is 0 Å². The Bertz CT molecular complexity index is 1340. The van der Waals surface area contributed by atoms with Crippen molar-refractivity contribution in [3.05, 3.63) is 78.8 Å². The third kappa shape index (κ3) is 3.97. The number of rotatable bonds is 7. The quantitative estimate of drug-likeness (QED) is 0.359. The fraction of sp³-hybridized carbons (Fsp3) is 0.200. The van der Waals surface area contributed by atoms with Crippen molar-refractivity contribution in [2.24, 2.45) is 0 Å². The van der Waals surface area contributed by atoms with E-state index >= 15 is 0 Å². The van der Waals surface area contributed by atoms with Crippen molar-refractivity contribution >= 4 is 16.6 Å². The standard InChI is InChI=1S/C25H24N6O/c1-17-4-5-19(12-18(17)2)20-6-7-23-21(13-20)24(22(14-28-23)25-30-29-16-32-25)27-8-3-10-31-11-9-26-15-31/h4-7,9,11-16H,3,8,10H2,1-2H3,(H,27,28). The first-order valence-corrected chi connectivity index (χ1v) is 10.7. The zero-order valence-corrected chi connectivity index (χ0v) is 18.1. The summed E-state index contributed by atoms with van der Waals surface area (Å²) >= 11 is 0. The van der Waals surface area contributed by atoms with Gasteiger partial charge in [0, 0.05) is 37.1 Å². The lowest BCUT2D eigenvalue weighted by Gasteiger charge is -2.14. The number of benzene rings is 2. The number of imidazole rings is 1. The molecule has 0 saturated heterocycles. The van der Waals surface area contributed by atoms with Crippen LogP contribution in [0.1, 0.15) is 17.5 Å². The molecule has 0 atom stereocenters. The maximum absolute atomic E-state index is 5.50. The van der Waals surface area contributed by atoms with Gasteiger partial charge in [-0.2, -0.15) is 0 Å². The molecule has 0 aliphatic carbocycles. The lowest BCUT2D eigenvalue weighted by atomic mass is 9.98. The molecule has 3 heterocycles. The van der Waals surface area contributed by atoms with Crippen LogP contribution in [0.25, 0.3) is 33.5 Å². The Hall–Kier alpha value is -4.00. The number of hydrogen-bond donors (Lipinski definition) is 1. The zero-order valence-electron chi connectivity index (χ0n) is 18.1. The zero-order chi connectivity index (χ0) is 21.9. The summed E-state index contributed by atoms with van der Waals surface area (Å²) in [5.41, 5.74) is 7.56. The number of fused-ring (bicyclic) bond motifs is 1. The number of aromatic nitrogens is 5. The van der Waals surface area contributed by atoms with Gasteiger partial charge in [0.1, 0.15) is 0 Å². The Balaban J connectivity index is 1.53. The molecule has 3 aromatic heterocycles. The minimum absolute atomic E-state index is 0.452. The summed E-state index contributed by atoms with van der Waals surface area (Å²) in [6.45, 7) is 5.94. The van der Waals surface area contributed by atoms with Crippen LogP contribution in [0.15, 0.2) is 72.1 Å². The minimum atomic E-state index is 0.452. The number of anilines is 1. The second-order valence-electron chi connectivity index (χ2n) is 7.90. The summed E-state index contributed by atoms with van der Waals surface area (Å²) in [7, 11) is 0. The summed E-state index contributed by atoms with van der Waals surface area (Å²) in [6, 6.07) is 12.9. The average Bonchev–Trinajstić information content (AvgIpc) is 3.52. The van der Waals surface area contributed by atoms with Gasteiger partial charge in [0.2, 0.25) is 6.39 Å². The van der Waals surface area contributed by atoms with Crippen molar-refractivity contribution in [1.82, 2.24) is 24.7 Å². The molecule has 0 radical (unpaired) electrons. The minimum Gasteiger partial charge on any atom is -0.423 e. The van der Waals surface area contributed by atoms with Crippen LogP contribution in [0.3, 0.4) is 0 Å². The first-order chi connectivity index (χ1) is 15.7. The molecule has 7 heteroatoms. The number of pyridine rings is 1. The van der Waals surface area contributed by atoms with Gasteiger partial charge in [0.25, 0.3) is 5.89 Å². The third-order valence-corrected chi connectivity index (χ3v) is 5.75. The molecule has 0 amide bonds. The molecule has 2 aromatic carbocycles. The molecule has 0 bridgehead atoms. The molecule has 0 saturated carbocycles. The smallest absolute Gasteiger partial charge is 0.251 e. The monoisotopic (exact) mass is 424 g/mol. The van der Waals surface area contributed by atoms with Gasteiger partial charge < -0.3 is 14.3 Å². The topological polar surface area (TPSA) is 81.7 Å².